The molecule has 0 unspecified atom stereocenters. The van der Waals surface area contributed by atoms with Gasteiger partial charge in [0.15, 0.2) is 0 Å². The topological polar surface area (TPSA) is 27.7 Å². The second kappa shape index (κ2) is 4.31. The molecule has 0 rings (SSSR count). The van der Waals surface area contributed by atoms with Gasteiger partial charge in [-0.15, -0.1) is 0 Å². The van der Waals surface area contributed by atoms with Gasteiger partial charge in [-0.25, -0.2) is 0 Å². The summed E-state index contributed by atoms with van der Waals surface area (Å²) in [6.45, 7) is 12.3. The molecular weight excluding hydrogens is 196 g/mol. The summed E-state index contributed by atoms with van der Waals surface area (Å²) in [6.07, 6.45) is 0. The Morgan fingerprint density at radius 1 is 0.786 bits per heavy atom. The minimum Gasteiger partial charge on any atom is -0.377 e. The van der Waals surface area contributed by atoms with Crippen molar-refractivity contribution in [1.29, 1.82) is 0 Å². The average Bonchev–Trinajstić information content (AvgIpc) is 1.96. The summed E-state index contributed by atoms with van der Waals surface area (Å²) in [5, 5.41) is -0.107. The summed E-state index contributed by atoms with van der Waals surface area (Å²) >= 11 is 0. The lowest BCUT2D eigenvalue weighted by molar-refractivity contribution is 0.00170. The molecule has 0 spiro atoms. The van der Waals surface area contributed by atoms with Crippen molar-refractivity contribution >= 4 is 8.80 Å². The van der Waals surface area contributed by atoms with Gasteiger partial charge in [0.25, 0.3) is 0 Å². The van der Waals surface area contributed by atoms with E-state index in [1.165, 1.54) is 0 Å². The highest BCUT2D eigenvalue weighted by molar-refractivity contribution is 6.64. The van der Waals surface area contributed by atoms with Gasteiger partial charge in [0, 0.05) is 19.3 Å². The van der Waals surface area contributed by atoms with Gasteiger partial charge in [-0.1, -0.05) is 20.8 Å². The van der Waals surface area contributed by atoms with Crippen LogP contribution >= 0.6 is 0 Å². The molecule has 14 heavy (non-hydrogen) atoms. The van der Waals surface area contributed by atoms with E-state index in [1.54, 1.807) is 14.2 Å². The molecule has 0 aromatic heterocycles. The Labute approximate surface area is 89.1 Å². The van der Waals surface area contributed by atoms with Crippen LogP contribution in [0, 0.1) is 0 Å². The lowest BCUT2D eigenvalue weighted by Crippen LogP contribution is -2.55. The van der Waals surface area contributed by atoms with Crippen LogP contribution in [0.2, 0.25) is 5.04 Å². The minimum absolute atomic E-state index is 0.107. The van der Waals surface area contributed by atoms with E-state index >= 15 is 0 Å². The molecule has 0 saturated heterocycles. The molecule has 0 fully saturated rings. The Hall–Kier alpha value is 0.0969. The molecule has 0 aliphatic rings. The van der Waals surface area contributed by atoms with E-state index in [9.17, 15) is 0 Å². The molecule has 86 valence electrons. The Balaban J connectivity index is 4.91. The average molecular weight is 220 g/mol. The van der Waals surface area contributed by atoms with Crippen molar-refractivity contribution in [2.24, 2.45) is 0 Å². The van der Waals surface area contributed by atoms with Crippen molar-refractivity contribution in [2.75, 3.05) is 14.2 Å². The van der Waals surface area contributed by atoms with E-state index in [0.717, 1.165) is 0 Å². The van der Waals surface area contributed by atoms with E-state index in [2.05, 4.69) is 20.8 Å². The monoisotopic (exact) mass is 220 g/mol. The Kier molecular flexibility index (Phi) is 4.34. The van der Waals surface area contributed by atoms with Crippen molar-refractivity contribution in [3.63, 3.8) is 0 Å². The molecule has 0 saturated carbocycles. The van der Waals surface area contributed by atoms with E-state index < -0.39 is 8.80 Å². The number of hydrogen-bond acceptors (Lipinski definition) is 3. The van der Waals surface area contributed by atoms with Gasteiger partial charge >= 0.3 is 8.80 Å². The first-order valence-electron chi connectivity index (χ1n) is 4.88. The highest BCUT2D eigenvalue weighted by Gasteiger charge is 2.53. The molecular formula is C10H24O3Si. The Morgan fingerprint density at radius 2 is 1.14 bits per heavy atom. The molecule has 0 N–H and O–H groups in total. The Morgan fingerprint density at radius 3 is 1.21 bits per heavy atom. The summed E-state index contributed by atoms with van der Waals surface area (Å²) in [4.78, 5) is 0. The van der Waals surface area contributed by atoms with Crippen molar-refractivity contribution in [2.45, 2.75) is 52.2 Å². The second-order valence-corrected chi connectivity index (χ2v) is 9.06. The van der Waals surface area contributed by atoms with Crippen LogP contribution < -0.4 is 0 Å². The highest BCUT2D eigenvalue weighted by atomic mass is 28.4. The predicted octanol–water partition coefficient (Wildman–Crippen LogP) is 2.83. The fourth-order valence-corrected chi connectivity index (χ4v) is 4.01. The predicted molar refractivity (Wildman–Crippen MR) is 60.3 cm³/mol. The zero-order valence-electron chi connectivity index (χ0n) is 10.7. The van der Waals surface area contributed by atoms with E-state index in [4.69, 9.17) is 13.3 Å². The van der Waals surface area contributed by atoms with Gasteiger partial charge in [-0.3, -0.25) is 0 Å². The molecule has 4 heteroatoms. The first-order valence-corrected chi connectivity index (χ1v) is 6.61. The lowest BCUT2D eigenvalue weighted by Gasteiger charge is -2.41. The molecule has 0 amide bonds. The smallest absolute Gasteiger partial charge is 0.377 e. The highest BCUT2D eigenvalue weighted by Crippen LogP contribution is 2.39. The van der Waals surface area contributed by atoms with Crippen molar-refractivity contribution in [1.82, 2.24) is 0 Å². The zero-order chi connectivity index (χ0) is 11.6. The molecule has 0 heterocycles. The van der Waals surface area contributed by atoms with Crippen LogP contribution in [0.1, 0.15) is 41.5 Å². The maximum Gasteiger partial charge on any atom is 0.506 e. The van der Waals surface area contributed by atoms with Gasteiger partial charge in [0.05, 0.1) is 5.60 Å². The summed E-state index contributed by atoms with van der Waals surface area (Å²) < 4.78 is 17.0. The molecule has 0 atom stereocenters. The Bertz CT molecular complexity index is 175. The molecule has 0 aliphatic heterocycles. The maximum atomic E-state index is 5.98. The van der Waals surface area contributed by atoms with E-state index in [-0.39, 0.29) is 10.6 Å². The standard InChI is InChI=1S/C10H24O3Si/c1-9(2,3)13-14(11-7,12-8)10(4,5)6/h1-8H3. The van der Waals surface area contributed by atoms with Gasteiger partial charge < -0.3 is 13.3 Å². The quantitative estimate of drug-likeness (QED) is 0.685. The number of rotatable bonds is 3. The van der Waals surface area contributed by atoms with Crippen LogP contribution in [-0.2, 0) is 13.3 Å². The minimum atomic E-state index is -2.58. The summed E-state index contributed by atoms with van der Waals surface area (Å²) in [6, 6.07) is 0. The third kappa shape index (κ3) is 3.35. The van der Waals surface area contributed by atoms with Crippen LogP contribution in [0.25, 0.3) is 0 Å². The van der Waals surface area contributed by atoms with E-state index in [1.807, 2.05) is 20.8 Å². The van der Waals surface area contributed by atoms with Gasteiger partial charge in [0.1, 0.15) is 0 Å². The third-order valence-corrected chi connectivity index (χ3v) is 5.69. The molecule has 0 aromatic carbocycles. The van der Waals surface area contributed by atoms with Gasteiger partial charge in [0.2, 0.25) is 0 Å². The van der Waals surface area contributed by atoms with Crippen molar-refractivity contribution in [3.05, 3.63) is 0 Å². The number of hydrogen-bond donors (Lipinski definition) is 0. The molecule has 0 radical (unpaired) electrons. The van der Waals surface area contributed by atoms with Crippen LogP contribution in [-0.4, -0.2) is 28.6 Å². The van der Waals surface area contributed by atoms with Crippen LogP contribution in [0.5, 0.6) is 0 Å². The normalized spacial score (nSPS) is 14.6. The summed E-state index contributed by atoms with van der Waals surface area (Å²) in [5.41, 5.74) is -0.245. The first kappa shape index (κ1) is 14.1. The van der Waals surface area contributed by atoms with Gasteiger partial charge in [-0.2, -0.15) is 0 Å². The molecule has 0 aliphatic carbocycles. The lowest BCUT2D eigenvalue weighted by atomic mass is 10.2. The van der Waals surface area contributed by atoms with Crippen molar-refractivity contribution in [3.8, 4) is 0 Å². The maximum absolute atomic E-state index is 5.98. The fraction of sp³-hybridized carbons (Fsp3) is 1.00. The van der Waals surface area contributed by atoms with Crippen molar-refractivity contribution < 1.29 is 13.3 Å². The fourth-order valence-electron chi connectivity index (χ4n) is 1.34. The van der Waals surface area contributed by atoms with E-state index in [0.29, 0.717) is 0 Å². The summed E-state index contributed by atoms with van der Waals surface area (Å²) in [7, 11) is 0.738. The SMILES string of the molecule is CO[Si](OC)(OC(C)(C)C)C(C)(C)C. The molecule has 0 aromatic rings. The van der Waals surface area contributed by atoms with Crippen LogP contribution in [0.15, 0.2) is 0 Å². The second-order valence-electron chi connectivity index (χ2n) is 5.43. The molecule has 3 nitrogen and oxygen atoms in total. The summed E-state index contributed by atoms with van der Waals surface area (Å²) in [5.74, 6) is 0. The third-order valence-electron chi connectivity index (χ3n) is 1.90. The van der Waals surface area contributed by atoms with Crippen LogP contribution in [0.3, 0.4) is 0 Å². The first-order chi connectivity index (χ1) is 6.08. The molecule has 0 bridgehead atoms. The zero-order valence-corrected chi connectivity index (χ0v) is 11.7. The van der Waals surface area contributed by atoms with Gasteiger partial charge in [-0.05, 0) is 20.8 Å². The van der Waals surface area contributed by atoms with Crippen LogP contribution in [0.4, 0.5) is 0 Å². The largest absolute Gasteiger partial charge is 0.506 e.